The molecule has 0 atom stereocenters. The standard InChI is InChI=1S/C22H17F3N4O/c23-22(24,25)17-9-3-1-6-15(17)7-5-12-30-13-11-29-14-27-19-20(29)16-8-2-4-10-18(16)28-21(19)26/h1-4,6,8-10,14H,11-13H2,(H2,26,28). The van der Waals surface area contributed by atoms with Crippen LogP contribution in [0.15, 0.2) is 54.9 Å². The molecule has 0 saturated heterocycles. The molecule has 2 N–H and O–H groups in total. The van der Waals surface area contributed by atoms with Gasteiger partial charge >= 0.3 is 6.18 Å². The van der Waals surface area contributed by atoms with Gasteiger partial charge in [-0.1, -0.05) is 42.2 Å². The molecule has 8 heteroatoms. The summed E-state index contributed by atoms with van der Waals surface area (Å²) >= 11 is 0. The van der Waals surface area contributed by atoms with Crippen molar-refractivity contribution < 1.29 is 17.9 Å². The second-order valence-corrected chi connectivity index (χ2v) is 6.55. The molecule has 0 aliphatic heterocycles. The van der Waals surface area contributed by atoms with E-state index in [1.54, 1.807) is 6.33 Å². The van der Waals surface area contributed by atoms with Gasteiger partial charge in [-0.2, -0.15) is 13.2 Å². The monoisotopic (exact) mass is 410 g/mol. The van der Waals surface area contributed by atoms with Crippen molar-refractivity contribution in [1.82, 2.24) is 14.5 Å². The predicted molar refractivity (Wildman–Crippen MR) is 109 cm³/mol. The van der Waals surface area contributed by atoms with Crippen LogP contribution < -0.4 is 5.73 Å². The fourth-order valence-electron chi connectivity index (χ4n) is 3.23. The van der Waals surface area contributed by atoms with Gasteiger partial charge in [-0.25, -0.2) is 9.97 Å². The fourth-order valence-corrected chi connectivity index (χ4v) is 3.23. The average molecular weight is 410 g/mol. The van der Waals surface area contributed by atoms with Gasteiger partial charge in [0.15, 0.2) is 5.82 Å². The number of nitrogen functional groups attached to an aromatic ring is 1. The number of halogens is 3. The molecule has 0 aliphatic carbocycles. The van der Waals surface area contributed by atoms with Crippen LogP contribution in [-0.4, -0.2) is 27.7 Å². The minimum atomic E-state index is -4.44. The summed E-state index contributed by atoms with van der Waals surface area (Å²) < 4.78 is 46.4. The molecule has 0 radical (unpaired) electrons. The zero-order chi connectivity index (χ0) is 21.1. The second kappa shape index (κ2) is 8.05. The van der Waals surface area contributed by atoms with E-state index < -0.39 is 11.7 Å². The zero-order valence-electron chi connectivity index (χ0n) is 15.8. The lowest BCUT2D eigenvalue weighted by molar-refractivity contribution is -0.137. The molecule has 0 spiro atoms. The maximum Gasteiger partial charge on any atom is 0.417 e. The molecule has 0 fully saturated rings. The van der Waals surface area contributed by atoms with Gasteiger partial charge in [0.25, 0.3) is 0 Å². The molecule has 30 heavy (non-hydrogen) atoms. The number of imidazole rings is 1. The lowest BCUT2D eigenvalue weighted by atomic mass is 10.1. The highest BCUT2D eigenvalue weighted by molar-refractivity contribution is 6.06. The molecular weight excluding hydrogens is 393 g/mol. The number of ether oxygens (including phenoxy) is 1. The molecule has 2 aromatic carbocycles. The van der Waals surface area contributed by atoms with E-state index in [4.69, 9.17) is 10.5 Å². The summed E-state index contributed by atoms with van der Waals surface area (Å²) in [5, 5.41) is 0.933. The van der Waals surface area contributed by atoms with Crippen molar-refractivity contribution in [3.8, 4) is 11.8 Å². The molecule has 5 nitrogen and oxygen atoms in total. The van der Waals surface area contributed by atoms with Crippen LogP contribution in [0.3, 0.4) is 0 Å². The molecule has 152 valence electrons. The highest BCUT2D eigenvalue weighted by atomic mass is 19.4. The Bertz CT molecular complexity index is 1270. The number of nitrogens with two attached hydrogens (primary N) is 1. The van der Waals surface area contributed by atoms with E-state index in [0.717, 1.165) is 22.5 Å². The fraction of sp³-hybridized carbons (Fsp3) is 0.182. The zero-order valence-corrected chi connectivity index (χ0v) is 15.8. The van der Waals surface area contributed by atoms with Crippen molar-refractivity contribution in [2.75, 3.05) is 18.9 Å². The molecule has 4 aromatic rings. The van der Waals surface area contributed by atoms with Crippen LogP contribution in [0, 0.1) is 11.8 Å². The Morgan fingerprint density at radius 3 is 2.67 bits per heavy atom. The lowest BCUT2D eigenvalue weighted by Gasteiger charge is -2.08. The maximum absolute atomic E-state index is 13.0. The van der Waals surface area contributed by atoms with Crippen molar-refractivity contribution in [2.24, 2.45) is 0 Å². The first-order valence-corrected chi connectivity index (χ1v) is 9.17. The van der Waals surface area contributed by atoms with Crippen LogP contribution in [0.2, 0.25) is 0 Å². The summed E-state index contributed by atoms with van der Waals surface area (Å²) in [7, 11) is 0. The predicted octanol–water partition coefficient (Wildman–Crippen LogP) is 4.25. The third-order valence-electron chi connectivity index (χ3n) is 4.59. The molecule has 0 saturated carbocycles. The number of aromatic nitrogens is 3. The van der Waals surface area contributed by atoms with Crippen molar-refractivity contribution in [2.45, 2.75) is 12.7 Å². The van der Waals surface area contributed by atoms with Gasteiger partial charge < -0.3 is 15.0 Å². The van der Waals surface area contributed by atoms with Crippen molar-refractivity contribution in [3.63, 3.8) is 0 Å². The largest absolute Gasteiger partial charge is 0.417 e. The number of fused-ring (bicyclic) bond motifs is 3. The molecule has 0 bridgehead atoms. The van der Waals surface area contributed by atoms with E-state index in [9.17, 15) is 13.2 Å². The number of pyridine rings is 1. The van der Waals surface area contributed by atoms with Gasteiger partial charge in [0.05, 0.1) is 29.5 Å². The topological polar surface area (TPSA) is 66.0 Å². The summed E-state index contributed by atoms with van der Waals surface area (Å²) in [5.74, 6) is 5.54. The van der Waals surface area contributed by atoms with Crippen LogP contribution in [-0.2, 0) is 17.5 Å². The average Bonchev–Trinajstić information content (AvgIpc) is 3.15. The number of para-hydroxylation sites is 1. The van der Waals surface area contributed by atoms with Gasteiger partial charge in [-0.3, -0.25) is 0 Å². The minimum absolute atomic E-state index is 0.0171. The quantitative estimate of drug-likeness (QED) is 0.403. The van der Waals surface area contributed by atoms with Gasteiger partial charge in [-0.05, 0) is 18.2 Å². The van der Waals surface area contributed by atoms with E-state index in [1.165, 1.54) is 18.2 Å². The van der Waals surface area contributed by atoms with Gasteiger partial charge in [0.1, 0.15) is 12.1 Å². The molecule has 0 unspecified atom stereocenters. The number of nitrogens with zero attached hydrogens (tertiary/aromatic N) is 3. The number of anilines is 1. The third kappa shape index (κ3) is 3.93. The van der Waals surface area contributed by atoms with Crippen molar-refractivity contribution >= 4 is 27.8 Å². The van der Waals surface area contributed by atoms with Gasteiger partial charge in [0, 0.05) is 17.5 Å². The SMILES string of the molecule is Nc1nc2ccccc2c2c1ncn2CCOCC#Cc1ccccc1C(F)(F)F. The highest BCUT2D eigenvalue weighted by Crippen LogP contribution is 2.31. The number of rotatable bonds is 4. The minimum Gasteiger partial charge on any atom is -0.382 e. The summed E-state index contributed by atoms with van der Waals surface area (Å²) in [4.78, 5) is 8.70. The first kappa shape index (κ1) is 19.7. The summed E-state index contributed by atoms with van der Waals surface area (Å²) in [6.45, 7) is 0.825. The summed E-state index contributed by atoms with van der Waals surface area (Å²) in [6, 6.07) is 12.9. The molecule has 2 heterocycles. The number of benzene rings is 2. The number of alkyl halides is 3. The van der Waals surface area contributed by atoms with E-state index in [0.29, 0.717) is 24.5 Å². The van der Waals surface area contributed by atoms with Crippen LogP contribution in [0.5, 0.6) is 0 Å². The van der Waals surface area contributed by atoms with Gasteiger partial charge in [-0.15, -0.1) is 0 Å². The Morgan fingerprint density at radius 1 is 1.07 bits per heavy atom. The Hall–Kier alpha value is -3.57. The van der Waals surface area contributed by atoms with Crippen LogP contribution >= 0.6 is 0 Å². The van der Waals surface area contributed by atoms with Crippen LogP contribution in [0.4, 0.5) is 19.0 Å². The Kier molecular flexibility index (Phi) is 5.29. The van der Waals surface area contributed by atoms with Crippen LogP contribution in [0.1, 0.15) is 11.1 Å². The maximum atomic E-state index is 13.0. The first-order valence-electron chi connectivity index (χ1n) is 9.17. The van der Waals surface area contributed by atoms with Crippen molar-refractivity contribution in [1.29, 1.82) is 0 Å². The molecular formula is C22H17F3N4O. The molecule has 0 amide bonds. The Morgan fingerprint density at radius 2 is 1.83 bits per heavy atom. The molecule has 4 rings (SSSR count). The van der Waals surface area contributed by atoms with Gasteiger partial charge in [0.2, 0.25) is 0 Å². The molecule has 2 aromatic heterocycles. The highest BCUT2D eigenvalue weighted by Gasteiger charge is 2.32. The Balaban J connectivity index is 1.44. The Labute approximate surface area is 170 Å². The van der Waals surface area contributed by atoms with Crippen molar-refractivity contribution in [3.05, 3.63) is 66.0 Å². The second-order valence-electron chi connectivity index (χ2n) is 6.55. The lowest BCUT2D eigenvalue weighted by Crippen LogP contribution is -2.07. The first-order chi connectivity index (χ1) is 14.4. The van der Waals surface area contributed by atoms with E-state index in [1.807, 2.05) is 28.8 Å². The molecule has 0 aliphatic rings. The third-order valence-corrected chi connectivity index (χ3v) is 4.59. The van der Waals surface area contributed by atoms with Crippen LogP contribution in [0.25, 0.3) is 21.9 Å². The normalized spacial score (nSPS) is 11.6. The summed E-state index contributed by atoms with van der Waals surface area (Å²) in [6.07, 6.45) is -2.77. The van der Waals surface area contributed by atoms with E-state index in [-0.39, 0.29) is 12.2 Å². The summed E-state index contributed by atoms with van der Waals surface area (Å²) in [5.41, 5.74) is 7.46. The van der Waals surface area contributed by atoms with E-state index >= 15 is 0 Å². The number of hydrogen-bond acceptors (Lipinski definition) is 4. The number of hydrogen-bond donors (Lipinski definition) is 1. The van der Waals surface area contributed by atoms with E-state index in [2.05, 4.69) is 21.8 Å². The smallest absolute Gasteiger partial charge is 0.382 e.